The second-order valence-corrected chi connectivity index (χ2v) is 8.88. The van der Waals surface area contributed by atoms with Crippen molar-refractivity contribution in [3.05, 3.63) is 45.8 Å². The van der Waals surface area contributed by atoms with Crippen molar-refractivity contribution < 1.29 is 27.4 Å². The highest BCUT2D eigenvalue weighted by Crippen LogP contribution is 2.45. The molecule has 2 aromatic rings. The van der Waals surface area contributed by atoms with E-state index in [1.165, 1.54) is 31.7 Å². The van der Waals surface area contributed by atoms with Crippen LogP contribution in [0.4, 0.5) is 11.4 Å². The van der Waals surface area contributed by atoms with Gasteiger partial charge in [-0.05, 0) is 43.7 Å². The van der Waals surface area contributed by atoms with E-state index < -0.39 is 15.9 Å². The molecule has 0 aliphatic carbocycles. The fourth-order valence-corrected chi connectivity index (χ4v) is 5.44. The maximum Gasteiger partial charge on any atom is 0.270 e. The van der Waals surface area contributed by atoms with Crippen molar-refractivity contribution in [2.45, 2.75) is 13.8 Å². The molecule has 0 unspecified atom stereocenters. The number of rotatable bonds is 6. The molecule has 10 heteroatoms. The normalized spacial score (nSPS) is 14.7. The van der Waals surface area contributed by atoms with Crippen molar-refractivity contribution in [1.82, 2.24) is 0 Å². The number of carbonyl (C=O) groups is 1. The molecule has 0 aromatic heterocycles. The molecule has 1 N–H and O–H groups in total. The summed E-state index contributed by atoms with van der Waals surface area (Å²) in [5, 5.41) is 2.98. The van der Waals surface area contributed by atoms with Crippen LogP contribution in [0.25, 0.3) is 5.57 Å². The standard InChI is InChI=1S/C21H23ClN2O6S/c1-6-24-16-11-19(30-5)18(29-4)10-14(16)12(2)20(31(24,26)27)21(25)23-15-9-13(22)7-8-17(15)28-3/h7-11H,6H2,1-5H3,(H,23,25). The third-order valence-corrected chi connectivity index (χ3v) is 7.24. The summed E-state index contributed by atoms with van der Waals surface area (Å²) in [6.45, 7) is 3.39. The number of halogens is 1. The van der Waals surface area contributed by atoms with Gasteiger partial charge in [-0.2, -0.15) is 0 Å². The van der Waals surface area contributed by atoms with E-state index in [1.54, 1.807) is 38.1 Å². The first-order valence-corrected chi connectivity index (χ1v) is 11.2. The predicted octanol–water partition coefficient (Wildman–Crippen LogP) is 3.91. The summed E-state index contributed by atoms with van der Waals surface area (Å²) in [5.74, 6) is 0.367. The van der Waals surface area contributed by atoms with E-state index >= 15 is 0 Å². The number of sulfonamides is 1. The van der Waals surface area contributed by atoms with Gasteiger partial charge in [0.2, 0.25) is 0 Å². The second-order valence-electron chi connectivity index (χ2n) is 6.65. The molecule has 1 aliphatic rings. The molecule has 3 rings (SSSR count). The number of anilines is 2. The van der Waals surface area contributed by atoms with Crippen molar-refractivity contribution in [3.8, 4) is 17.2 Å². The van der Waals surface area contributed by atoms with E-state index in [0.29, 0.717) is 39.1 Å². The Labute approximate surface area is 186 Å². The van der Waals surface area contributed by atoms with Crippen LogP contribution in [0.5, 0.6) is 17.2 Å². The summed E-state index contributed by atoms with van der Waals surface area (Å²) in [4.78, 5) is 12.8. The number of hydrogen-bond acceptors (Lipinski definition) is 6. The van der Waals surface area contributed by atoms with Gasteiger partial charge in [0.15, 0.2) is 16.4 Å². The van der Waals surface area contributed by atoms with Crippen molar-refractivity contribution in [2.75, 3.05) is 37.5 Å². The van der Waals surface area contributed by atoms with E-state index in [2.05, 4.69) is 5.32 Å². The predicted molar refractivity (Wildman–Crippen MR) is 121 cm³/mol. The first kappa shape index (κ1) is 22.8. The number of nitrogens with zero attached hydrogens (tertiary/aromatic N) is 1. The van der Waals surface area contributed by atoms with Crippen molar-refractivity contribution in [3.63, 3.8) is 0 Å². The third-order valence-electron chi connectivity index (χ3n) is 4.97. The lowest BCUT2D eigenvalue weighted by Crippen LogP contribution is -2.39. The number of ether oxygens (including phenoxy) is 3. The van der Waals surface area contributed by atoms with Crippen LogP contribution >= 0.6 is 11.6 Å². The van der Waals surface area contributed by atoms with Crippen LogP contribution in [0.1, 0.15) is 19.4 Å². The summed E-state index contributed by atoms with van der Waals surface area (Å²) in [6.07, 6.45) is 0. The van der Waals surface area contributed by atoms with Crippen molar-refractivity contribution in [1.29, 1.82) is 0 Å². The molecule has 1 heterocycles. The number of hydrogen-bond donors (Lipinski definition) is 1. The molecule has 0 fully saturated rings. The summed E-state index contributed by atoms with van der Waals surface area (Å²) < 4.78 is 43.9. The molecule has 0 bridgehead atoms. The van der Waals surface area contributed by atoms with Gasteiger partial charge >= 0.3 is 0 Å². The molecule has 0 radical (unpaired) electrons. The summed E-state index contributed by atoms with van der Waals surface area (Å²) in [6, 6.07) is 7.93. The summed E-state index contributed by atoms with van der Waals surface area (Å²) in [7, 11) is 0.256. The summed E-state index contributed by atoms with van der Waals surface area (Å²) >= 11 is 6.03. The minimum atomic E-state index is -4.14. The zero-order valence-electron chi connectivity index (χ0n) is 17.8. The van der Waals surface area contributed by atoms with Crippen molar-refractivity contribution in [2.24, 2.45) is 0 Å². The fraction of sp³-hybridized carbons (Fsp3) is 0.286. The van der Waals surface area contributed by atoms with Gasteiger partial charge in [0, 0.05) is 23.2 Å². The lowest BCUT2D eigenvalue weighted by molar-refractivity contribution is -0.112. The Morgan fingerprint density at radius 1 is 1.03 bits per heavy atom. The number of benzene rings is 2. The molecule has 1 amide bonds. The van der Waals surface area contributed by atoms with Gasteiger partial charge in [-0.15, -0.1) is 0 Å². The smallest absolute Gasteiger partial charge is 0.270 e. The largest absolute Gasteiger partial charge is 0.495 e. The van der Waals surface area contributed by atoms with E-state index in [0.717, 1.165) is 0 Å². The Bertz CT molecular complexity index is 1180. The molecular weight excluding hydrogens is 444 g/mol. The highest BCUT2D eigenvalue weighted by Gasteiger charge is 2.39. The van der Waals surface area contributed by atoms with Crippen LogP contribution in [0, 0.1) is 0 Å². The van der Waals surface area contributed by atoms with Crippen LogP contribution in [-0.4, -0.2) is 42.2 Å². The Morgan fingerprint density at radius 3 is 2.23 bits per heavy atom. The van der Waals surface area contributed by atoms with Crippen LogP contribution in [-0.2, 0) is 14.8 Å². The van der Waals surface area contributed by atoms with Crippen LogP contribution in [0.3, 0.4) is 0 Å². The first-order valence-electron chi connectivity index (χ1n) is 9.34. The quantitative estimate of drug-likeness (QED) is 0.693. The van der Waals surface area contributed by atoms with Gasteiger partial charge in [-0.1, -0.05) is 11.6 Å². The Morgan fingerprint density at radius 2 is 1.65 bits per heavy atom. The van der Waals surface area contributed by atoms with E-state index in [1.807, 2.05) is 0 Å². The number of carbonyl (C=O) groups excluding carboxylic acids is 1. The number of nitrogens with one attached hydrogen (secondary N) is 1. The molecule has 1 aliphatic heterocycles. The number of allylic oxidation sites excluding steroid dienone is 1. The second kappa shape index (κ2) is 8.68. The molecule has 0 spiro atoms. The van der Waals surface area contributed by atoms with Gasteiger partial charge in [-0.25, -0.2) is 8.42 Å². The monoisotopic (exact) mass is 466 g/mol. The molecule has 0 saturated carbocycles. The van der Waals surface area contributed by atoms with E-state index in [4.69, 9.17) is 25.8 Å². The molecule has 8 nitrogen and oxygen atoms in total. The minimum absolute atomic E-state index is 0.120. The van der Waals surface area contributed by atoms with E-state index in [-0.39, 0.29) is 17.1 Å². The molecule has 2 aromatic carbocycles. The van der Waals surface area contributed by atoms with Crippen molar-refractivity contribution >= 4 is 44.5 Å². The zero-order chi connectivity index (χ0) is 22.9. The highest BCUT2D eigenvalue weighted by molar-refractivity contribution is 7.97. The first-order chi connectivity index (χ1) is 14.7. The average Bonchev–Trinajstić information content (AvgIpc) is 2.72. The molecule has 31 heavy (non-hydrogen) atoms. The van der Waals surface area contributed by atoms with Crippen LogP contribution < -0.4 is 23.8 Å². The fourth-order valence-electron chi connectivity index (χ4n) is 3.52. The maximum atomic E-state index is 13.4. The van der Waals surface area contributed by atoms with Gasteiger partial charge in [0.25, 0.3) is 15.9 Å². The molecule has 0 saturated heterocycles. The molecule has 166 valence electrons. The van der Waals surface area contributed by atoms with Crippen LogP contribution in [0.15, 0.2) is 35.2 Å². The molecule has 0 atom stereocenters. The highest BCUT2D eigenvalue weighted by atomic mass is 35.5. The Balaban J connectivity index is 2.19. The Hall–Kier alpha value is -2.91. The number of amides is 1. The third kappa shape index (κ3) is 3.90. The topological polar surface area (TPSA) is 94.2 Å². The summed E-state index contributed by atoms with van der Waals surface area (Å²) in [5.41, 5.74) is 1.52. The molecular formula is C21H23ClN2O6S. The van der Waals surface area contributed by atoms with E-state index in [9.17, 15) is 13.2 Å². The number of fused-ring (bicyclic) bond motifs is 1. The van der Waals surface area contributed by atoms with Gasteiger partial charge < -0.3 is 19.5 Å². The van der Waals surface area contributed by atoms with Gasteiger partial charge in [-0.3, -0.25) is 9.10 Å². The Kier molecular flexibility index (Phi) is 6.38. The lowest BCUT2D eigenvalue weighted by atomic mass is 10.0. The maximum absolute atomic E-state index is 13.4. The lowest BCUT2D eigenvalue weighted by Gasteiger charge is -2.32. The number of methoxy groups -OCH3 is 3. The minimum Gasteiger partial charge on any atom is -0.495 e. The average molecular weight is 467 g/mol. The zero-order valence-corrected chi connectivity index (χ0v) is 19.3. The van der Waals surface area contributed by atoms with Crippen LogP contribution in [0.2, 0.25) is 5.02 Å². The van der Waals surface area contributed by atoms with Gasteiger partial charge in [0.1, 0.15) is 5.75 Å². The van der Waals surface area contributed by atoms with Gasteiger partial charge in [0.05, 0.1) is 32.7 Å². The SMILES string of the molecule is CCN1c2cc(OC)c(OC)cc2C(C)=C(C(=O)Nc2cc(Cl)ccc2OC)S1(=O)=O.